The number of nitrogens with one attached hydrogen (secondary N) is 2. The van der Waals surface area contributed by atoms with E-state index in [4.69, 9.17) is 0 Å². The van der Waals surface area contributed by atoms with Gasteiger partial charge in [0.1, 0.15) is 6.04 Å². The Morgan fingerprint density at radius 1 is 0.926 bits per heavy atom. The summed E-state index contributed by atoms with van der Waals surface area (Å²) in [6.07, 6.45) is 0. The summed E-state index contributed by atoms with van der Waals surface area (Å²) in [6, 6.07) is 15.9. The van der Waals surface area contributed by atoms with Gasteiger partial charge in [-0.2, -0.15) is 0 Å². The maximum atomic E-state index is 12.4. The third-order valence-electron chi connectivity index (χ3n) is 4.14. The van der Waals surface area contributed by atoms with Crippen molar-refractivity contribution in [2.75, 3.05) is 5.32 Å². The van der Waals surface area contributed by atoms with Gasteiger partial charge in [-0.15, -0.1) is 0 Å². The number of hydrogen-bond acceptors (Lipinski definition) is 3. The first-order chi connectivity index (χ1) is 12.7. The van der Waals surface area contributed by atoms with Crippen LogP contribution in [-0.2, 0) is 14.8 Å². The fraction of sp³-hybridized carbons (Fsp3) is 0.350. The van der Waals surface area contributed by atoms with Crippen LogP contribution < -0.4 is 15.4 Å². The second-order valence-corrected chi connectivity index (χ2v) is 8.68. The van der Waals surface area contributed by atoms with E-state index in [-0.39, 0.29) is 28.9 Å². The minimum absolute atomic E-state index is 0.131. The normalized spacial score (nSPS) is 14.0. The minimum Gasteiger partial charge on any atom is -0.330 e. The molecule has 6 nitrogen and oxygen atoms in total. The van der Waals surface area contributed by atoms with Crippen molar-refractivity contribution in [3.8, 4) is 0 Å². The molecule has 7 heteroatoms. The van der Waals surface area contributed by atoms with Gasteiger partial charge in [0.05, 0.1) is 4.90 Å². The van der Waals surface area contributed by atoms with Gasteiger partial charge < -0.3 is 10.6 Å². The molecule has 0 fully saturated rings. The molecular formula is C20H28N3O3S+. The molecule has 0 unspecified atom stereocenters. The number of sulfonamides is 1. The Labute approximate surface area is 161 Å². The maximum absolute atomic E-state index is 12.4. The van der Waals surface area contributed by atoms with E-state index in [0.29, 0.717) is 5.69 Å². The minimum atomic E-state index is -3.54. The zero-order valence-electron chi connectivity index (χ0n) is 16.1. The van der Waals surface area contributed by atoms with E-state index < -0.39 is 10.0 Å². The first-order valence-corrected chi connectivity index (χ1v) is 10.5. The molecule has 0 heterocycles. The van der Waals surface area contributed by atoms with Gasteiger partial charge in [-0.1, -0.05) is 30.3 Å². The largest absolute Gasteiger partial charge is 0.330 e. The first kappa shape index (κ1) is 21.1. The average Bonchev–Trinajstić information content (AvgIpc) is 2.61. The van der Waals surface area contributed by atoms with Crippen molar-refractivity contribution in [2.24, 2.45) is 0 Å². The summed E-state index contributed by atoms with van der Waals surface area (Å²) >= 11 is 0. The molecule has 2 aromatic carbocycles. The number of benzene rings is 2. The highest BCUT2D eigenvalue weighted by molar-refractivity contribution is 7.89. The zero-order chi connectivity index (χ0) is 20.0. The van der Waals surface area contributed by atoms with Gasteiger partial charge in [0.2, 0.25) is 10.0 Å². The third-order valence-corrected chi connectivity index (χ3v) is 5.81. The van der Waals surface area contributed by atoms with Crippen molar-refractivity contribution in [2.45, 2.75) is 50.7 Å². The van der Waals surface area contributed by atoms with Crippen molar-refractivity contribution in [3.05, 3.63) is 60.2 Å². The molecule has 1 amide bonds. The molecule has 0 radical (unpaired) electrons. The number of quaternary nitrogens is 1. The lowest BCUT2D eigenvalue weighted by Crippen LogP contribution is -2.91. The molecule has 27 heavy (non-hydrogen) atoms. The lowest BCUT2D eigenvalue weighted by Gasteiger charge is -2.17. The van der Waals surface area contributed by atoms with Crippen LogP contribution in [0, 0.1) is 0 Å². The second kappa shape index (κ2) is 9.12. The summed E-state index contributed by atoms with van der Waals surface area (Å²) in [5, 5.41) is 4.83. The van der Waals surface area contributed by atoms with Crippen molar-refractivity contribution in [3.63, 3.8) is 0 Å². The van der Waals surface area contributed by atoms with Crippen LogP contribution in [0.15, 0.2) is 59.5 Å². The van der Waals surface area contributed by atoms with Crippen LogP contribution in [0.25, 0.3) is 0 Å². The van der Waals surface area contributed by atoms with Crippen LogP contribution in [0.4, 0.5) is 5.69 Å². The van der Waals surface area contributed by atoms with Crippen LogP contribution >= 0.6 is 0 Å². The molecular weight excluding hydrogens is 362 g/mol. The van der Waals surface area contributed by atoms with Gasteiger partial charge in [-0.3, -0.25) is 4.79 Å². The predicted molar refractivity (Wildman–Crippen MR) is 107 cm³/mol. The number of hydrogen-bond donors (Lipinski definition) is 3. The molecule has 0 aliphatic heterocycles. The molecule has 4 N–H and O–H groups in total. The van der Waals surface area contributed by atoms with Crippen molar-refractivity contribution in [1.82, 2.24) is 4.72 Å². The van der Waals surface area contributed by atoms with Gasteiger partial charge in [0, 0.05) is 17.3 Å². The molecule has 2 rings (SSSR count). The van der Waals surface area contributed by atoms with E-state index in [0.717, 1.165) is 5.56 Å². The Hall–Kier alpha value is -2.22. The Morgan fingerprint density at radius 3 is 2.07 bits per heavy atom. The molecule has 0 bridgehead atoms. The molecule has 0 spiro atoms. The van der Waals surface area contributed by atoms with Gasteiger partial charge >= 0.3 is 0 Å². The van der Waals surface area contributed by atoms with Crippen LogP contribution in [-0.4, -0.2) is 26.4 Å². The fourth-order valence-electron chi connectivity index (χ4n) is 2.74. The lowest BCUT2D eigenvalue weighted by atomic mass is 10.1. The van der Waals surface area contributed by atoms with E-state index in [1.807, 2.05) is 42.6 Å². The average molecular weight is 391 g/mol. The highest BCUT2D eigenvalue weighted by atomic mass is 32.2. The highest BCUT2D eigenvalue weighted by Gasteiger charge is 2.21. The highest BCUT2D eigenvalue weighted by Crippen LogP contribution is 2.14. The summed E-state index contributed by atoms with van der Waals surface area (Å²) in [4.78, 5) is 12.6. The van der Waals surface area contributed by atoms with E-state index in [9.17, 15) is 13.2 Å². The first-order valence-electron chi connectivity index (χ1n) is 9.02. The summed E-state index contributed by atoms with van der Waals surface area (Å²) in [5.74, 6) is -0.131. The van der Waals surface area contributed by atoms with E-state index in [1.165, 1.54) is 12.1 Å². The summed E-state index contributed by atoms with van der Waals surface area (Å²) in [7, 11) is -3.54. The molecule has 2 aromatic rings. The Bertz CT molecular complexity index is 850. The van der Waals surface area contributed by atoms with E-state index >= 15 is 0 Å². The summed E-state index contributed by atoms with van der Waals surface area (Å²) < 4.78 is 26.8. The molecule has 2 atom stereocenters. The predicted octanol–water partition coefficient (Wildman–Crippen LogP) is 2.02. The van der Waals surface area contributed by atoms with E-state index in [1.54, 1.807) is 26.0 Å². The topological polar surface area (TPSA) is 91.9 Å². The molecule has 146 valence electrons. The second-order valence-electron chi connectivity index (χ2n) is 6.97. The van der Waals surface area contributed by atoms with Crippen molar-refractivity contribution < 1.29 is 18.5 Å². The zero-order valence-corrected chi connectivity index (χ0v) is 17.0. The number of amides is 1. The maximum Gasteiger partial charge on any atom is 0.282 e. The Morgan fingerprint density at radius 2 is 1.52 bits per heavy atom. The van der Waals surface area contributed by atoms with Crippen LogP contribution in [0.2, 0.25) is 0 Å². The number of carbonyl (C=O) groups is 1. The third kappa shape index (κ3) is 6.16. The summed E-state index contributed by atoms with van der Waals surface area (Å²) in [5.41, 5.74) is 1.72. The molecule has 0 saturated carbocycles. The number of rotatable bonds is 8. The number of nitrogens with two attached hydrogens (primary N) is 1. The van der Waals surface area contributed by atoms with Gasteiger partial charge in [-0.25, -0.2) is 13.1 Å². The van der Waals surface area contributed by atoms with Gasteiger partial charge in [-0.05, 0) is 52.0 Å². The van der Waals surface area contributed by atoms with Gasteiger partial charge in [0.25, 0.3) is 5.91 Å². The van der Waals surface area contributed by atoms with Crippen molar-refractivity contribution in [1.29, 1.82) is 0 Å². The number of carbonyl (C=O) groups excluding carboxylic acids is 1. The smallest absolute Gasteiger partial charge is 0.282 e. The Kier molecular flexibility index (Phi) is 7.12. The SMILES string of the molecule is CC(C)NS(=O)(=O)c1ccc(NC(=O)[C@H](C)[NH2+][C@@H](C)c2ccccc2)cc1. The molecule has 0 aliphatic carbocycles. The van der Waals surface area contributed by atoms with Crippen LogP contribution in [0.1, 0.15) is 39.3 Å². The monoisotopic (exact) mass is 390 g/mol. The molecule has 0 aromatic heterocycles. The lowest BCUT2D eigenvalue weighted by molar-refractivity contribution is -0.709. The van der Waals surface area contributed by atoms with Crippen LogP contribution in [0.5, 0.6) is 0 Å². The molecule has 0 aliphatic rings. The number of anilines is 1. The Balaban J connectivity index is 1.97. The molecule has 0 saturated heterocycles. The standard InChI is InChI=1S/C20H27N3O3S/c1-14(2)23-27(25,26)19-12-10-18(11-13-19)22-20(24)16(4)21-15(3)17-8-6-5-7-9-17/h5-16,21,23H,1-4H3,(H,22,24)/p+1/t15-,16-/m0/s1. The van der Waals surface area contributed by atoms with E-state index in [2.05, 4.69) is 17.0 Å². The van der Waals surface area contributed by atoms with Crippen molar-refractivity contribution >= 4 is 21.6 Å². The quantitative estimate of drug-likeness (QED) is 0.644. The summed E-state index contributed by atoms with van der Waals surface area (Å²) in [6.45, 7) is 7.43. The fourth-order valence-corrected chi connectivity index (χ4v) is 3.99. The van der Waals surface area contributed by atoms with Gasteiger partial charge in [0.15, 0.2) is 6.04 Å². The van der Waals surface area contributed by atoms with Crippen LogP contribution in [0.3, 0.4) is 0 Å².